The van der Waals surface area contributed by atoms with Gasteiger partial charge in [0.25, 0.3) is 0 Å². The van der Waals surface area contributed by atoms with E-state index in [0.29, 0.717) is 6.04 Å². The van der Waals surface area contributed by atoms with E-state index in [1.165, 1.54) is 22.3 Å². The first-order valence-electron chi connectivity index (χ1n) is 10.4. The maximum Gasteiger partial charge on any atom is 0.159 e. The lowest BCUT2D eigenvalue weighted by molar-refractivity contribution is 0.587. The number of nitrogens with one attached hydrogen (secondary N) is 3. The molecule has 150 valence electrons. The lowest BCUT2D eigenvalue weighted by Crippen LogP contribution is -2.22. The van der Waals surface area contributed by atoms with Crippen molar-refractivity contribution in [2.45, 2.75) is 33.4 Å². The highest BCUT2D eigenvalue weighted by atomic mass is 15.1. The van der Waals surface area contributed by atoms with Crippen LogP contribution in [0.3, 0.4) is 0 Å². The molecule has 30 heavy (non-hydrogen) atoms. The van der Waals surface area contributed by atoms with E-state index < -0.39 is 0 Å². The van der Waals surface area contributed by atoms with Gasteiger partial charge in [0.15, 0.2) is 5.82 Å². The number of benzene rings is 3. The fourth-order valence-electron chi connectivity index (χ4n) is 3.93. The summed E-state index contributed by atoms with van der Waals surface area (Å²) in [6.07, 6.45) is 0. The van der Waals surface area contributed by atoms with E-state index in [1.54, 1.807) is 0 Å². The number of aromatic amines is 2. The van der Waals surface area contributed by atoms with Crippen LogP contribution in [-0.2, 0) is 6.54 Å². The maximum atomic E-state index is 4.73. The van der Waals surface area contributed by atoms with Crippen molar-refractivity contribution < 1.29 is 0 Å². The summed E-state index contributed by atoms with van der Waals surface area (Å²) >= 11 is 0. The third-order valence-corrected chi connectivity index (χ3v) is 5.63. The zero-order valence-corrected chi connectivity index (χ0v) is 17.5. The van der Waals surface area contributed by atoms with Gasteiger partial charge >= 0.3 is 0 Å². The number of H-pyrrole nitrogens is 2. The average Bonchev–Trinajstić information content (AvgIpc) is 3.36. The minimum atomic E-state index is 0.460. The molecule has 0 saturated carbocycles. The molecule has 3 aromatic carbocycles. The Kier molecular flexibility index (Phi) is 4.60. The molecule has 3 N–H and O–H groups in total. The molecule has 2 heterocycles. The number of rotatable bonds is 5. The molecule has 0 fully saturated rings. The zero-order chi connectivity index (χ0) is 20.7. The van der Waals surface area contributed by atoms with Crippen LogP contribution in [0.15, 0.2) is 60.7 Å². The quantitative estimate of drug-likeness (QED) is 0.364. The molecule has 5 aromatic rings. The minimum absolute atomic E-state index is 0.460. The molecule has 5 nitrogen and oxygen atoms in total. The Balaban J connectivity index is 1.59. The van der Waals surface area contributed by atoms with E-state index in [1.807, 2.05) is 24.3 Å². The lowest BCUT2D eigenvalue weighted by atomic mass is 9.95. The fraction of sp³-hybridized carbons (Fsp3) is 0.200. The first-order chi connectivity index (χ1) is 14.6. The van der Waals surface area contributed by atoms with Crippen LogP contribution in [0.4, 0.5) is 0 Å². The number of fused-ring (bicyclic) bond motifs is 2. The van der Waals surface area contributed by atoms with E-state index >= 15 is 0 Å². The Morgan fingerprint density at radius 2 is 1.83 bits per heavy atom. The summed E-state index contributed by atoms with van der Waals surface area (Å²) in [7, 11) is 0. The molecule has 0 atom stereocenters. The van der Waals surface area contributed by atoms with Gasteiger partial charge in [-0.3, -0.25) is 5.10 Å². The number of aromatic nitrogens is 4. The van der Waals surface area contributed by atoms with E-state index in [4.69, 9.17) is 4.98 Å². The van der Waals surface area contributed by atoms with Crippen molar-refractivity contribution >= 4 is 21.9 Å². The Morgan fingerprint density at radius 1 is 0.967 bits per heavy atom. The van der Waals surface area contributed by atoms with Crippen molar-refractivity contribution in [1.82, 2.24) is 25.5 Å². The Labute approximate surface area is 175 Å². The number of hydrogen-bond donors (Lipinski definition) is 3. The lowest BCUT2D eigenvalue weighted by Gasteiger charge is -2.14. The molecule has 0 aliphatic rings. The van der Waals surface area contributed by atoms with Gasteiger partial charge in [0, 0.05) is 18.0 Å². The molecular weight excluding hydrogens is 370 g/mol. The van der Waals surface area contributed by atoms with E-state index in [9.17, 15) is 0 Å². The average molecular weight is 396 g/mol. The van der Waals surface area contributed by atoms with E-state index in [0.717, 1.165) is 40.0 Å². The predicted octanol–water partition coefficient (Wildman–Crippen LogP) is 5.58. The maximum absolute atomic E-state index is 4.73. The van der Waals surface area contributed by atoms with Gasteiger partial charge in [-0.05, 0) is 53.4 Å². The monoisotopic (exact) mass is 395 g/mol. The highest BCUT2D eigenvalue weighted by molar-refractivity contribution is 5.96. The number of nitrogens with zero attached hydrogens (tertiary/aromatic N) is 2. The Hall–Kier alpha value is -3.44. The van der Waals surface area contributed by atoms with Gasteiger partial charge < -0.3 is 10.3 Å². The minimum Gasteiger partial charge on any atom is -0.337 e. The summed E-state index contributed by atoms with van der Waals surface area (Å²) in [5.41, 5.74) is 8.87. The second-order valence-corrected chi connectivity index (χ2v) is 8.06. The summed E-state index contributed by atoms with van der Waals surface area (Å²) < 4.78 is 0. The summed E-state index contributed by atoms with van der Waals surface area (Å²) in [5.74, 6) is 0.784. The van der Waals surface area contributed by atoms with Crippen LogP contribution in [-0.4, -0.2) is 26.2 Å². The molecule has 0 saturated heterocycles. The highest BCUT2D eigenvalue weighted by Gasteiger charge is 2.14. The predicted molar refractivity (Wildman–Crippen MR) is 123 cm³/mol. The van der Waals surface area contributed by atoms with E-state index in [-0.39, 0.29) is 0 Å². The molecule has 0 spiro atoms. The van der Waals surface area contributed by atoms with Crippen LogP contribution in [0.1, 0.15) is 25.0 Å². The Bertz CT molecular complexity index is 1310. The van der Waals surface area contributed by atoms with Crippen LogP contribution in [0.2, 0.25) is 0 Å². The summed E-state index contributed by atoms with van der Waals surface area (Å²) in [4.78, 5) is 8.13. The van der Waals surface area contributed by atoms with Crippen molar-refractivity contribution in [2.75, 3.05) is 0 Å². The number of para-hydroxylation sites is 2. The molecule has 0 radical (unpaired) electrons. The normalized spacial score (nSPS) is 11.7. The van der Waals surface area contributed by atoms with Crippen LogP contribution in [0.25, 0.3) is 44.6 Å². The molecule has 0 amide bonds. The van der Waals surface area contributed by atoms with Crippen LogP contribution < -0.4 is 5.32 Å². The van der Waals surface area contributed by atoms with Gasteiger partial charge in [-0.1, -0.05) is 50.2 Å². The second-order valence-electron chi connectivity index (χ2n) is 8.06. The molecule has 5 heteroatoms. The molecular formula is C25H25N5. The first-order valence-corrected chi connectivity index (χ1v) is 10.4. The number of hydrogen-bond acceptors (Lipinski definition) is 3. The summed E-state index contributed by atoms with van der Waals surface area (Å²) in [5, 5.41) is 12.3. The van der Waals surface area contributed by atoms with Crippen molar-refractivity contribution in [3.05, 3.63) is 71.8 Å². The molecule has 0 aliphatic carbocycles. The van der Waals surface area contributed by atoms with Gasteiger partial charge in [-0.15, -0.1) is 0 Å². The van der Waals surface area contributed by atoms with Crippen molar-refractivity contribution in [3.63, 3.8) is 0 Å². The Morgan fingerprint density at radius 3 is 2.67 bits per heavy atom. The van der Waals surface area contributed by atoms with Crippen molar-refractivity contribution in [2.24, 2.45) is 0 Å². The standard InChI is InChI=1S/C25H25N5/c1-15(2)26-14-18-7-6-8-19(16(18)3)17-11-12-21-20(13-17)24(30-29-21)25-27-22-9-4-5-10-23(22)28-25/h4-13,15,26H,14H2,1-3H3,(H,27,28)(H,29,30). The second kappa shape index (κ2) is 7.43. The van der Waals surface area contributed by atoms with Crippen molar-refractivity contribution in [3.8, 4) is 22.6 Å². The largest absolute Gasteiger partial charge is 0.337 e. The van der Waals surface area contributed by atoms with Gasteiger partial charge in [-0.25, -0.2) is 4.98 Å². The van der Waals surface area contributed by atoms with Gasteiger partial charge in [-0.2, -0.15) is 5.10 Å². The van der Waals surface area contributed by atoms with Crippen LogP contribution in [0, 0.1) is 6.92 Å². The molecule has 0 unspecified atom stereocenters. The molecule has 2 aromatic heterocycles. The van der Waals surface area contributed by atoms with Crippen molar-refractivity contribution in [1.29, 1.82) is 0 Å². The molecule has 0 bridgehead atoms. The van der Waals surface area contributed by atoms with Crippen LogP contribution in [0.5, 0.6) is 0 Å². The smallest absolute Gasteiger partial charge is 0.159 e. The summed E-state index contributed by atoms with van der Waals surface area (Å²) in [6, 6.07) is 21.5. The zero-order valence-electron chi connectivity index (χ0n) is 17.5. The SMILES string of the molecule is Cc1c(CNC(C)C)cccc1-c1ccc2[nH]nc(-c3nc4ccccc4[nH]3)c2c1. The topological polar surface area (TPSA) is 69.4 Å². The first kappa shape index (κ1) is 18.6. The van der Waals surface area contributed by atoms with E-state index in [2.05, 4.69) is 77.7 Å². The number of imidazole rings is 1. The summed E-state index contributed by atoms with van der Waals surface area (Å²) in [6.45, 7) is 7.42. The fourth-order valence-corrected chi connectivity index (χ4v) is 3.93. The third kappa shape index (κ3) is 3.27. The van der Waals surface area contributed by atoms with Gasteiger partial charge in [0.1, 0.15) is 5.69 Å². The van der Waals surface area contributed by atoms with Crippen LogP contribution >= 0.6 is 0 Å². The van der Waals surface area contributed by atoms with Gasteiger partial charge in [0.05, 0.1) is 16.6 Å². The third-order valence-electron chi connectivity index (χ3n) is 5.63. The highest BCUT2D eigenvalue weighted by Crippen LogP contribution is 2.32. The molecule has 5 rings (SSSR count). The van der Waals surface area contributed by atoms with Gasteiger partial charge in [0.2, 0.25) is 0 Å². The molecule has 0 aliphatic heterocycles.